The van der Waals surface area contributed by atoms with Crippen LogP contribution < -0.4 is 0 Å². The number of ether oxygens (including phenoxy) is 1. The van der Waals surface area contributed by atoms with Gasteiger partial charge in [0.15, 0.2) is 0 Å². The first-order chi connectivity index (χ1) is 6.16. The number of esters is 1. The number of methoxy groups -OCH3 is 1. The molecular formula is C10H15BrO2. The van der Waals surface area contributed by atoms with Gasteiger partial charge in [0.1, 0.15) is 0 Å². The molecule has 0 aromatic carbocycles. The lowest BCUT2D eigenvalue weighted by molar-refractivity contribution is -0.176. The van der Waals surface area contributed by atoms with Crippen LogP contribution in [-0.2, 0) is 9.53 Å². The van der Waals surface area contributed by atoms with Crippen LogP contribution in [0.1, 0.15) is 32.1 Å². The average molecular weight is 247 g/mol. The first-order valence-electron chi connectivity index (χ1n) is 4.81. The van der Waals surface area contributed by atoms with Crippen molar-refractivity contribution in [1.82, 2.24) is 0 Å². The molecule has 3 rings (SSSR count). The van der Waals surface area contributed by atoms with Crippen LogP contribution in [0.5, 0.6) is 0 Å². The SMILES string of the molecule is COC(=O)C12CCCC(CBr)(C1)C2. The maximum absolute atomic E-state index is 11.5. The molecule has 3 aliphatic carbocycles. The summed E-state index contributed by atoms with van der Waals surface area (Å²) in [6.45, 7) is 0. The van der Waals surface area contributed by atoms with E-state index in [1.54, 1.807) is 0 Å². The van der Waals surface area contributed by atoms with Gasteiger partial charge in [-0.25, -0.2) is 0 Å². The van der Waals surface area contributed by atoms with Gasteiger partial charge in [-0.2, -0.15) is 0 Å². The summed E-state index contributed by atoms with van der Waals surface area (Å²) in [4.78, 5) is 11.5. The number of fused-ring (bicyclic) bond motifs is 2. The zero-order valence-electron chi connectivity index (χ0n) is 7.94. The van der Waals surface area contributed by atoms with Gasteiger partial charge < -0.3 is 4.74 Å². The van der Waals surface area contributed by atoms with Crippen LogP contribution in [0.15, 0.2) is 0 Å². The van der Waals surface area contributed by atoms with Crippen LogP contribution in [0.3, 0.4) is 0 Å². The molecule has 3 fully saturated rings. The van der Waals surface area contributed by atoms with Gasteiger partial charge >= 0.3 is 5.97 Å². The number of carbonyl (C=O) groups excluding carboxylic acids is 1. The molecule has 0 spiro atoms. The number of carbonyl (C=O) groups is 1. The molecular weight excluding hydrogens is 232 g/mol. The van der Waals surface area contributed by atoms with E-state index >= 15 is 0 Å². The molecule has 0 aliphatic heterocycles. The lowest BCUT2D eigenvalue weighted by atomic mass is 9.46. The van der Waals surface area contributed by atoms with Crippen LogP contribution >= 0.6 is 15.9 Å². The van der Waals surface area contributed by atoms with E-state index in [-0.39, 0.29) is 11.4 Å². The lowest BCUT2D eigenvalue weighted by Gasteiger charge is -2.58. The fraction of sp³-hybridized carbons (Fsp3) is 0.900. The first kappa shape index (κ1) is 9.50. The Balaban J connectivity index is 2.10. The molecule has 0 atom stereocenters. The van der Waals surface area contributed by atoms with Gasteiger partial charge in [-0.05, 0) is 31.1 Å². The number of hydrogen-bond donors (Lipinski definition) is 0. The summed E-state index contributed by atoms with van der Waals surface area (Å²) in [5.74, 6) is 0.0174. The van der Waals surface area contributed by atoms with Crippen molar-refractivity contribution < 1.29 is 9.53 Å². The average Bonchev–Trinajstić information content (AvgIpc) is 2.15. The van der Waals surface area contributed by atoms with Crippen LogP contribution in [0.25, 0.3) is 0 Å². The molecule has 0 aromatic heterocycles. The highest BCUT2D eigenvalue weighted by atomic mass is 79.9. The van der Waals surface area contributed by atoms with Crippen LogP contribution in [0.4, 0.5) is 0 Å². The number of halogens is 1. The third kappa shape index (κ3) is 1.24. The maximum Gasteiger partial charge on any atom is 0.311 e. The Morgan fingerprint density at radius 2 is 2.15 bits per heavy atom. The Labute approximate surface area is 87.2 Å². The molecule has 0 saturated heterocycles. The molecule has 3 aliphatic rings. The van der Waals surface area contributed by atoms with Crippen molar-refractivity contribution in [2.45, 2.75) is 32.1 Å². The van der Waals surface area contributed by atoms with E-state index in [4.69, 9.17) is 4.74 Å². The quantitative estimate of drug-likeness (QED) is 0.553. The van der Waals surface area contributed by atoms with Crippen molar-refractivity contribution in [2.75, 3.05) is 12.4 Å². The summed E-state index contributed by atoms with van der Waals surface area (Å²) in [5, 5.41) is 1.04. The normalized spacial score (nSPS) is 42.3. The molecule has 3 heteroatoms. The lowest BCUT2D eigenvalue weighted by Crippen LogP contribution is -2.55. The third-order valence-electron chi connectivity index (χ3n) is 3.69. The van der Waals surface area contributed by atoms with Crippen molar-refractivity contribution in [3.63, 3.8) is 0 Å². The molecule has 0 aromatic rings. The highest BCUT2D eigenvalue weighted by molar-refractivity contribution is 9.09. The van der Waals surface area contributed by atoms with Crippen LogP contribution in [0, 0.1) is 10.8 Å². The molecule has 2 bridgehead atoms. The first-order valence-corrected chi connectivity index (χ1v) is 5.93. The van der Waals surface area contributed by atoms with E-state index in [1.807, 2.05) is 0 Å². The number of alkyl halides is 1. The van der Waals surface area contributed by atoms with E-state index in [2.05, 4.69) is 15.9 Å². The molecule has 74 valence electrons. The van der Waals surface area contributed by atoms with E-state index in [1.165, 1.54) is 20.0 Å². The topological polar surface area (TPSA) is 26.3 Å². The van der Waals surface area contributed by atoms with Gasteiger partial charge in [0.05, 0.1) is 12.5 Å². The van der Waals surface area contributed by atoms with Crippen molar-refractivity contribution in [3.05, 3.63) is 0 Å². The van der Waals surface area contributed by atoms with Crippen LogP contribution in [-0.4, -0.2) is 18.4 Å². The maximum atomic E-state index is 11.5. The van der Waals surface area contributed by atoms with Gasteiger partial charge in [0.25, 0.3) is 0 Å². The minimum Gasteiger partial charge on any atom is -0.469 e. The predicted octanol–water partition coefficient (Wildman–Crippen LogP) is 2.50. The Hall–Kier alpha value is -0.0500. The molecule has 3 saturated carbocycles. The fourth-order valence-corrected chi connectivity index (χ4v) is 3.84. The minimum absolute atomic E-state index is 0.0174. The van der Waals surface area contributed by atoms with Gasteiger partial charge in [-0.3, -0.25) is 4.79 Å². The Kier molecular flexibility index (Phi) is 2.17. The third-order valence-corrected chi connectivity index (χ3v) is 4.88. The summed E-state index contributed by atoms with van der Waals surface area (Å²) in [7, 11) is 1.50. The van der Waals surface area contributed by atoms with E-state index < -0.39 is 0 Å². The number of hydrogen-bond acceptors (Lipinski definition) is 2. The van der Waals surface area contributed by atoms with E-state index in [9.17, 15) is 4.79 Å². The van der Waals surface area contributed by atoms with E-state index in [0.29, 0.717) is 5.41 Å². The zero-order chi connectivity index (χ0) is 9.53. The van der Waals surface area contributed by atoms with Gasteiger partial charge in [0, 0.05) is 5.33 Å². The second kappa shape index (κ2) is 2.97. The highest BCUT2D eigenvalue weighted by Gasteiger charge is 2.60. The molecule has 0 N–H and O–H groups in total. The largest absolute Gasteiger partial charge is 0.469 e. The summed E-state index contributed by atoms with van der Waals surface area (Å²) >= 11 is 3.55. The molecule has 0 radical (unpaired) electrons. The Morgan fingerprint density at radius 1 is 1.46 bits per heavy atom. The Bertz CT molecular complexity index is 231. The second-order valence-electron chi connectivity index (χ2n) is 4.61. The summed E-state index contributed by atoms with van der Waals surface area (Å²) < 4.78 is 4.87. The second-order valence-corrected chi connectivity index (χ2v) is 5.17. The fourth-order valence-electron chi connectivity index (χ4n) is 3.16. The van der Waals surface area contributed by atoms with Gasteiger partial charge in [0.2, 0.25) is 0 Å². The van der Waals surface area contributed by atoms with Gasteiger partial charge in [-0.15, -0.1) is 0 Å². The monoisotopic (exact) mass is 246 g/mol. The number of rotatable bonds is 2. The molecule has 0 unspecified atom stereocenters. The Morgan fingerprint density at radius 3 is 2.69 bits per heavy atom. The van der Waals surface area contributed by atoms with E-state index in [0.717, 1.165) is 24.6 Å². The van der Waals surface area contributed by atoms with Crippen LogP contribution in [0.2, 0.25) is 0 Å². The minimum atomic E-state index is -0.0965. The molecule has 0 amide bonds. The standard InChI is InChI=1S/C10H15BrO2/c1-13-8(12)10-4-2-3-9(5-10,6-10)7-11/h2-7H2,1H3. The summed E-state index contributed by atoms with van der Waals surface area (Å²) in [5.41, 5.74) is 0.327. The van der Waals surface area contributed by atoms with Crippen molar-refractivity contribution in [2.24, 2.45) is 10.8 Å². The zero-order valence-corrected chi connectivity index (χ0v) is 9.52. The smallest absolute Gasteiger partial charge is 0.311 e. The predicted molar refractivity (Wildman–Crippen MR) is 53.8 cm³/mol. The molecule has 0 heterocycles. The molecule has 13 heavy (non-hydrogen) atoms. The molecule has 2 nitrogen and oxygen atoms in total. The summed E-state index contributed by atoms with van der Waals surface area (Å²) in [6, 6.07) is 0. The van der Waals surface area contributed by atoms with Gasteiger partial charge in [-0.1, -0.05) is 22.4 Å². The highest BCUT2D eigenvalue weighted by Crippen LogP contribution is 2.64. The van der Waals surface area contributed by atoms with Crippen molar-refractivity contribution in [1.29, 1.82) is 0 Å². The van der Waals surface area contributed by atoms with Crippen molar-refractivity contribution in [3.8, 4) is 0 Å². The summed E-state index contributed by atoms with van der Waals surface area (Å²) in [6.07, 6.45) is 5.57. The van der Waals surface area contributed by atoms with Crippen molar-refractivity contribution >= 4 is 21.9 Å².